The quantitative estimate of drug-likeness (QED) is 0.197. The van der Waals surface area contributed by atoms with Gasteiger partial charge in [-0.05, 0) is 0 Å². The highest BCUT2D eigenvalue weighted by atomic mass is 16.4. The maximum Gasteiger partial charge on any atom is 0.335 e. The van der Waals surface area contributed by atoms with E-state index in [1.54, 1.807) is 0 Å². The number of aliphatic hydroxyl groups is 4. The van der Waals surface area contributed by atoms with Gasteiger partial charge >= 0.3 is 5.97 Å². The highest BCUT2D eigenvalue weighted by Gasteiger charge is 2.41. The van der Waals surface area contributed by atoms with Crippen LogP contribution in [0.2, 0.25) is 0 Å². The molecule has 0 radical (unpaired) electrons. The SMILES string of the molecule is N[C@](O)(C=O)C(O)C(O)C(O)C(=O)O. The summed E-state index contributed by atoms with van der Waals surface area (Å²) in [7, 11) is 0. The van der Waals surface area contributed by atoms with Crippen molar-refractivity contribution in [1.82, 2.24) is 0 Å². The zero-order chi connectivity index (χ0) is 11.5. The molecule has 4 atom stereocenters. The Hall–Kier alpha value is -1.06. The van der Waals surface area contributed by atoms with Crippen LogP contribution >= 0.6 is 0 Å². The van der Waals surface area contributed by atoms with Gasteiger partial charge in [0.15, 0.2) is 18.1 Å². The van der Waals surface area contributed by atoms with E-state index in [0.717, 1.165) is 0 Å². The second kappa shape index (κ2) is 4.44. The van der Waals surface area contributed by atoms with Gasteiger partial charge in [0.1, 0.15) is 12.2 Å². The van der Waals surface area contributed by atoms with Crippen LogP contribution in [-0.2, 0) is 9.59 Å². The number of carboxylic acids is 1. The van der Waals surface area contributed by atoms with Crippen LogP contribution < -0.4 is 5.73 Å². The molecule has 0 rings (SSSR count). The topological polar surface area (TPSA) is 161 Å². The van der Waals surface area contributed by atoms with E-state index >= 15 is 0 Å². The number of carboxylic acid groups (broad SMARTS) is 1. The average Bonchev–Trinajstić information content (AvgIpc) is 2.14. The van der Waals surface area contributed by atoms with E-state index in [0.29, 0.717) is 0 Å². The minimum Gasteiger partial charge on any atom is -0.479 e. The maximum absolute atomic E-state index is 10.1. The number of aliphatic hydroxyl groups excluding tert-OH is 3. The van der Waals surface area contributed by atoms with Crippen molar-refractivity contribution in [2.45, 2.75) is 24.0 Å². The number of aldehydes is 1. The number of rotatable bonds is 5. The molecule has 8 heteroatoms. The van der Waals surface area contributed by atoms with Gasteiger partial charge in [-0.1, -0.05) is 0 Å². The van der Waals surface area contributed by atoms with E-state index in [-0.39, 0.29) is 6.29 Å². The maximum atomic E-state index is 10.1. The van der Waals surface area contributed by atoms with Gasteiger partial charge < -0.3 is 25.5 Å². The molecule has 0 aromatic heterocycles. The molecule has 0 fully saturated rings. The zero-order valence-electron chi connectivity index (χ0n) is 6.94. The molecule has 14 heavy (non-hydrogen) atoms. The number of carbonyl (C=O) groups excluding carboxylic acids is 1. The van der Waals surface area contributed by atoms with E-state index in [2.05, 4.69) is 0 Å². The van der Waals surface area contributed by atoms with Crippen LogP contribution in [0.1, 0.15) is 0 Å². The minimum absolute atomic E-state index is 0.282. The van der Waals surface area contributed by atoms with Crippen LogP contribution in [0.15, 0.2) is 0 Å². The fourth-order valence-corrected chi connectivity index (χ4v) is 0.662. The molecule has 0 spiro atoms. The lowest BCUT2D eigenvalue weighted by Gasteiger charge is -2.28. The van der Waals surface area contributed by atoms with Gasteiger partial charge in [0, 0.05) is 0 Å². The largest absolute Gasteiger partial charge is 0.479 e. The summed E-state index contributed by atoms with van der Waals surface area (Å²) in [4.78, 5) is 20.2. The zero-order valence-corrected chi connectivity index (χ0v) is 6.94. The van der Waals surface area contributed by atoms with Gasteiger partial charge in [-0.25, -0.2) is 4.79 Å². The lowest BCUT2D eigenvalue weighted by atomic mass is 9.99. The summed E-state index contributed by atoms with van der Waals surface area (Å²) in [6.45, 7) is 0. The predicted molar refractivity (Wildman–Crippen MR) is 40.9 cm³/mol. The number of hydrogen-bond acceptors (Lipinski definition) is 7. The predicted octanol–water partition coefficient (Wildman–Crippen LogP) is -4.00. The van der Waals surface area contributed by atoms with Crippen molar-refractivity contribution in [1.29, 1.82) is 0 Å². The van der Waals surface area contributed by atoms with Crippen molar-refractivity contribution >= 4 is 12.3 Å². The first-order valence-electron chi connectivity index (χ1n) is 3.48. The van der Waals surface area contributed by atoms with Crippen LogP contribution in [0.4, 0.5) is 0 Å². The normalized spacial score (nSPS) is 21.8. The Bertz CT molecular complexity index is 228. The lowest BCUT2D eigenvalue weighted by Crippen LogP contribution is -2.60. The average molecular weight is 209 g/mol. The molecule has 0 amide bonds. The van der Waals surface area contributed by atoms with Crippen LogP contribution in [-0.4, -0.2) is 61.8 Å². The van der Waals surface area contributed by atoms with Gasteiger partial charge in [-0.3, -0.25) is 10.5 Å². The van der Waals surface area contributed by atoms with Gasteiger partial charge in [0.25, 0.3) is 0 Å². The smallest absolute Gasteiger partial charge is 0.335 e. The van der Waals surface area contributed by atoms with Crippen LogP contribution in [0.5, 0.6) is 0 Å². The Morgan fingerprint density at radius 3 is 2.07 bits per heavy atom. The molecule has 0 saturated heterocycles. The third-order valence-corrected chi connectivity index (χ3v) is 1.56. The van der Waals surface area contributed by atoms with Crippen molar-refractivity contribution in [3.8, 4) is 0 Å². The molecular weight excluding hydrogens is 198 g/mol. The monoisotopic (exact) mass is 209 g/mol. The summed E-state index contributed by atoms with van der Waals surface area (Å²) in [5.41, 5.74) is 1.96. The van der Waals surface area contributed by atoms with Gasteiger partial charge in [0.05, 0.1) is 0 Å². The van der Waals surface area contributed by atoms with Crippen molar-refractivity contribution in [3.05, 3.63) is 0 Å². The molecule has 0 aliphatic rings. The van der Waals surface area contributed by atoms with E-state index in [4.69, 9.17) is 31.3 Å². The number of hydrogen-bond donors (Lipinski definition) is 6. The second-order valence-corrected chi connectivity index (χ2v) is 2.72. The molecule has 3 unspecified atom stereocenters. The highest BCUT2D eigenvalue weighted by molar-refractivity contribution is 5.73. The molecule has 7 N–H and O–H groups in total. The van der Waals surface area contributed by atoms with E-state index in [1.165, 1.54) is 0 Å². The summed E-state index contributed by atoms with van der Waals surface area (Å²) in [5.74, 6) is -1.82. The summed E-state index contributed by atoms with van der Waals surface area (Å²) < 4.78 is 0. The third-order valence-electron chi connectivity index (χ3n) is 1.56. The number of aliphatic carboxylic acids is 1. The highest BCUT2D eigenvalue weighted by Crippen LogP contribution is 2.09. The van der Waals surface area contributed by atoms with Crippen molar-refractivity contribution in [3.63, 3.8) is 0 Å². The molecule has 0 aromatic rings. The van der Waals surface area contributed by atoms with Gasteiger partial charge in [-0.15, -0.1) is 0 Å². The summed E-state index contributed by atoms with van der Waals surface area (Å²) >= 11 is 0. The summed E-state index contributed by atoms with van der Waals surface area (Å²) in [6, 6.07) is 0. The van der Waals surface area contributed by atoms with Crippen LogP contribution in [0.25, 0.3) is 0 Å². The Morgan fingerprint density at radius 2 is 1.79 bits per heavy atom. The molecule has 0 aliphatic carbocycles. The first-order chi connectivity index (χ1) is 6.24. The Balaban J connectivity index is 4.61. The van der Waals surface area contributed by atoms with Crippen LogP contribution in [0.3, 0.4) is 0 Å². The van der Waals surface area contributed by atoms with E-state index < -0.39 is 30.0 Å². The van der Waals surface area contributed by atoms with Crippen molar-refractivity contribution in [2.75, 3.05) is 0 Å². The molecular formula is C6H11NO7. The Labute approximate surface area is 78.2 Å². The number of nitrogens with two attached hydrogens (primary N) is 1. The Morgan fingerprint density at radius 1 is 1.36 bits per heavy atom. The van der Waals surface area contributed by atoms with Gasteiger partial charge in [-0.2, -0.15) is 0 Å². The molecule has 0 aromatic carbocycles. The molecule has 8 nitrogen and oxygen atoms in total. The fourth-order valence-electron chi connectivity index (χ4n) is 0.662. The summed E-state index contributed by atoms with van der Waals surface area (Å²) in [6.07, 6.45) is -7.20. The van der Waals surface area contributed by atoms with Crippen molar-refractivity contribution in [2.24, 2.45) is 5.73 Å². The Kier molecular flexibility index (Phi) is 4.10. The fraction of sp³-hybridized carbons (Fsp3) is 0.667. The van der Waals surface area contributed by atoms with Crippen molar-refractivity contribution < 1.29 is 35.1 Å². The first-order valence-corrected chi connectivity index (χ1v) is 3.48. The second-order valence-electron chi connectivity index (χ2n) is 2.72. The third kappa shape index (κ3) is 2.72. The first kappa shape index (κ1) is 12.9. The lowest BCUT2D eigenvalue weighted by molar-refractivity contribution is -0.175. The molecule has 82 valence electrons. The number of carbonyl (C=O) groups is 2. The molecule has 0 aliphatic heterocycles. The molecule has 0 saturated carbocycles. The summed E-state index contributed by atoms with van der Waals surface area (Å²) in [5, 5.41) is 43.8. The van der Waals surface area contributed by atoms with Gasteiger partial charge in [0.2, 0.25) is 0 Å². The van der Waals surface area contributed by atoms with Crippen LogP contribution in [0, 0.1) is 0 Å². The van der Waals surface area contributed by atoms with E-state index in [1.807, 2.05) is 0 Å². The molecule has 0 heterocycles. The minimum atomic E-state index is -2.81. The standard InChI is InChI=1S/C6H11NO7/c7-6(14,1-8)4(11)2(9)3(10)5(12)13/h1-4,9-11,14H,7H2,(H,12,13)/t2?,3?,4?,6-/m0/s1. The molecule has 0 bridgehead atoms. The van der Waals surface area contributed by atoms with E-state index in [9.17, 15) is 9.59 Å².